The molecule has 0 radical (unpaired) electrons. The van der Waals surface area contributed by atoms with Crippen molar-refractivity contribution in [1.82, 2.24) is 10.3 Å². The summed E-state index contributed by atoms with van der Waals surface area (Å²) in [5.74, 6) is 0.853. The summed E-state index contributed by atoms with van der Waals surface area (Å²) in [7, 11) is 0. The molecule has 5 heteroatoms. The molecule has 1 N–H and O–H groups in total. The molecule has 0 atom stereocenters. The summed E-state index contributed by atoms with van der Waals surface area (Å²) in [4.78, 5) is 17.5. The second kappa shape index (κ2) is 11.3. The van der Waals surface area contributed by atoms with Crippen molar-refractivity contribution in [1.29, 1.82) is 0 Å². The van der Waals surface area contributed by atoms with Crippen molar-refractivity contribution in [3.05, 3.63) is 131 Å². The number of nitrogens with zero attached hydrogens (tertiary/aromatic N) is 1. The molecule has 1 amide bonds. The van der Waals surface area contributed by atoms with E-state index >= 15 is 0 Å². The first-order chi connectivity index (χ1) is 17.7. The topological polar surface area (TPSA) is 55.1 Å². The standard InChI is InChI=1S/C31H28N2O2S/c1-22-15-16-29-28(19-22)33-31(35-29)36-21-23-9-8-14-26(20-23)30(34)32-18-17-27(24-10-4-2-5-11-24)25-12-6-3-7-13-25/h2-16,19-20,27H,17-18,21H2,1H3,(H,32,34). The number of aromatic nitrogens is 1. The molecule has 0 aliphatic heterocycles. The number of benzene rings is 4. The fourth-order valence-electron chi connectivity index (χ4n) is 4.35. The fraction of sp³-hybridized carbons (Fsp3) is 0.161. The predicted molar refractivity (Wildman–Crippen MR) is 146 cm³/mol. The van der Waals surface area contributed by atoms with Gasteiger partial charge in [-0.2, -0.15) is 0 Å². The zero-order chi connectivity index (χ0) is 24.7. The van der Waals surface area contributed by atoms with Gasteiger partial charge in [-0.1, -0.05) is 90.6 Å². The summed E-state index contributed by atoms with van der Waals surface area (Å²) in [5.41, 5.74) is 7.05. The molecule has 0 aliphatic rings. The highest BCUT2D eigenvalue weighted by atomic mass is 32.2. The van der Waals surface area contributed by atoms with Crippen molar-refractivity contribution in [2.24, 2.45) is 0 Å². The van der Waals surface area contributed by atoms with E-state index < -0.39 is 0 Å². The zero-order valence-corrected chi connectivity index (χ0v) is 21.0. The van der Waals surface area contributed by atoms with Crippen LogP contribution in [0.3, 0.4) is 0 Å². The lowest BCUT2D eigenvalue weighted by molar-refractivity contribution is 0.0952. The van der Waals surface area contributed by atoms with E-state index in [0.717, 1.165) is 28.6 Å². The predicted octanol–water partition coefficient (Wildman–Crippen LogP) is 7.38. The molecule has 180 valence electrons. The van der Waals surface area contributed by atoms with Crippen LogP contribution in [0.5, 0.6) is 0 Å². The SMILES string of the molecule is Cc1ccc2oc(SCc3cccc(C(=O)NCCC(c4ccccc4)c4ccccc4)c3)nc2c1. The van der Waals surface area contributed by atoms with E-state index in [4.69, 9.17) is 4.42 Å². The quantitative estimate of drug-likeness (QED) is 0.218. The number of thioether (sulfide) groups is 1. The minimum absolute atomic E-state index is 0.0564. The summed E-state index contributed by atoms with van der Waals surface area (Å²) < 4.78 is 5.84. The van der Waals surface area contributed by atoms with Crippen molar-refractivity contribution in [3.8, 4) is 0 Å². The Morgan fingerprint density at radius 1 is 0.889 bits per heavy atom. The molecule has 0 bridgehead atoms. The normalized spacial score (nSPS) is 11.2. The van der Waals surface area contributed by atoms with E-state index in [0.29, 0.717) is 23.1 Å². The molecule has 5 rings (SSSR count). The van der Waals surface area contributed by atoms with Gasteiger partial charge in [0.25, 0.3) is 11.1 Å². The summed E-state index contributed by atoms with van der Waals surface area (Å²) >= 11 is 1.53. The molecule has 0 fully saturated rings. The molecule has 1 heterocycles. The third-order valence-corrected chi connectivity index (χ3v) is 7.10. The number of aryl methyl sites for hydroxylation is 1. The molecule has 4 aromatic carbocycles. The molecule has 5 aromatic rings. The van der Waals surface area contributed by atoms with Gasteiger partial charge in [-0.25, -0.2) is 4.98 Å². The Balaban J connectivity index is 1.20. The van der Waals surface area contributed by atoms with Crippen LogP contribution in [0.4, 0.5) is 0 Å². The van der Waals surface area contributed by atoms with Crippen molar-refractivity contribution < 1.29 is 9.21 Å². The molecular weight excluding hydrogens is 464 g/mol. The highest BCUT2D eigenvalue weighted by Gasteiger charge is 2.15. The van der Waals surface area contributed by atoms with Crippen LogP contribution in [-0.2, 0) is 5.75 Å². The van der Waals surface area contributed by atoms with Gasteiger partial charge >= 0.3 is 0 Å². The zero-order valence-electron chi connectivity index (χ0n) is 20.2. The van der Waals surface area contributed by atoms with Crippen LogP contribution in [-0.4, -0.2) is 17.4 Å². The number of carbonyl (C=O) groups excluding carboxylic acids is 1. The molecule has 0 aliphatic carbocycles. The second-order valence-corrected chi connectivity index (χ2v) is 9.79. The molecule has 1 aromatic heterocycles. The summed E-state index contributed by atoms with van der Waals surface area (Å²) in [5, 5.41) is 3.75. The lowest BCUT2D eigenvalue weighted by atomic mass is 9.88. The Labute approximate surface area is 215 Å². The summed E-state index contributed by atoms with van der Waals surface area (Å²) in [6.45, 7) is 2.63. The first-order valence-corrected chi connectivity index (χ1v) is 13.1. The number of hydrogen-bond acceptors (Lipinski definition) is 4. The van der Waals surface area contributed by atoms with Crippen LogP contribution in [0, 0.1) is 6.92 Å². The Morgan fingerprint density at radius 3 is 2.33 bits per heavy atom. The van der Waals surface area contributed by atoms with Crippen LogP contribution >= 0.6 is 11.8 Å². The molecular formula is C31H28N2O2S. The van der Waals surface area contributed by atoms with E-state index in [1.54, 1.807) is 0 Å². The summed E-state index contributed by atoms with van der Waals surface area (Å²) in [6.07, 6.45) is 0.826. The second-order valence-electron chi connectivity index (χ2n) is 8.86. The first kappa shape index (κ1) is 23.9. The Morgan fingerprint density at radius 2 is 1.61 bits per heavy atom. The van der Waals surface area contributed by atoms with Gasteiger partial charge in [0.2, 0.25) is 0 Å². The van der Waals surface area contributed by atoms with Gasteiger partial charge in [0.15, 0.2) is 5.58 Å². The van der Waals surface area contributed by atoms with Gasteiger partial charge in [-0.15, -0.1) is 0 Å². The van der Waals surface area contributed by atoms with E-state index in [2.05, 4.69) is 58.8 Å². The average Bonchev–Trinajstić information content (AvgIpc) is 3.33. The molecule has 0 spiro atoms. The van der Waals surface area contributed by atoms with Crippen LogP contribution in [0.25, 0.3) is 11.1 Å². The fourth-order valence-corrected chi connectivity index (χ4v) is 5.14. The number of oxazole rings is 1. The Hall–Kier alpha value is -3.83. The van der Waals surface area contributed by atoms with Crippen molar-refractivity contribution in [2.75, 3.05) is 6.54 Å². The average molecular weight is 493 g/mol. The molecule has 36 heavy (non-hydrogen) atoms. The molecule has 0 unspecified atom stereocenters. The van der Waals surface area contributed by atoms with Gasteiger partial charge in [-0.3, -0.25) is 4.79 Å². The highest BCUT2D eigenvalue weighted by molar-refractivity contribution is 7.98. The van der Waals surface area contributed by atoms with E-state index in [1.807, 2.05) is 61.5 Å². The van der Waals surface area contributed by atoms with Gasteiger partial charge in [-0.05, 0) is 59.9 Å². The number of carbonyl (C=O) groups is 1. The largest absolute Gasteiger partial charge is 0.431 e. The lowest BCUT2D eigenvalue weighted by Crippen LogP contribution is -2.26. The monoisotopic (exact) mass is 492 g/mol. The number of nitrogens with one attached hydrogen (secondary N) is 1. The Kier molecular flexibility index (Phi) is 7.48. The molecule has 0 saturated heterocycles. The van der Waals surface area contributed by atoms with Gasteiger partial charge < -0.3 is 9.73 Å². The van der Waals surface area contributed by atoms with E-state index in [-0.39, 0.29) is 11.8 Å². The number of fused-ring (bicyclic) bond motifs is 1. The van der Waals surface area contributed by atoms with E-state index in [1.165, 1.54) is 22.9 Å². The lowest BCUT2D eigenvalue weighted by Gasteiger charge is -2.18. The van der Waals surface area contributed by atoms with Crippen LogP contribution in [0.2, 0.25) is 0 Å². The third-order valence-electron chi connectivity index (χ3n) is 6.20. The minimum Gasteiger partial charge on any atom is -0.431 e. The van der Waals surface area contributed by atoms with Crippen molar-refractivity contribution in [3.63, 3.8) is 0 Å². The van der Waals surface area contributed by atoms with Crippen molar-refractivity contribution in [2.45, 2.75) is 30.2 Å². The van der Waals surface area contributed by atoms with Gasteiger partial charge in [0.05, 0.1) is 0 Å². The van der Waals surface area contributed by atoms with Gasteiger partial charge in [0.1, 0.15) is 5.52 Å². The van der Waals surface area contributed by atoms with Crippen molar-refractivity contribution >= 4 is 28.8 Å². The summed E-state index contributed by atoms with van der Waals surface area (Å²) in [6, 6.07) is 34.7. The minimum atomic E-state index is -0.0564. The Bertz CT molecular complexity index is 1410. The first-order valence-electron chi connectivity index (χ1n) is 12.1. The van der Waals surface area contributed by atoms with Gasteiger partial charge in [0, 0.05) is 23.8 Å². The maximum Gasteiger partial charge on any atom is 0.257 e. The molecule has 4 nitrogen and oxygen atoms in total. The number of rotatable bonds is 9. The number of amides is 1. The maximum absolute atomic E-state index is 12.9. The van der Waals surface area contributed by atoms with Crippen LogP contribution in [0.15, 0.2) is 113 Å². The van der Waals surface area contributed by atoms with E-state index in [9.17, 15) is 4.79 Å². The van der Waals surface area contributed by atoms with Crippen LogP contribution in [0.1, 0.15) is 45.0 Å². The highest BCUT2D eigenvalue weighted by Crippen LogP contribution is 2.28. The maximum atomic E-state index is 12.9. The molecule has 0 saturated carbocycles. The van der Waals surface area contributed by atoms with Crippen LogP contribution < -0.4 is 5.32 Å². The number of hydrogen-bond donors (Lipinski definition) is 1. The third kappa shape index (κ3) is 5.86. The smallest absolute Gasteiger partial charge is 0.257 e.